The van der Waals surface area contributed by atoms with Crippen LogP contribution >= 0.6 is 27.7 Å². The van der Waals surface area contributed by atoms with E-state index in [1.165, 1.54) is 25.1 Å². The molecule has 0 spiro atoms. The number of nitrogens with two attached hydrogens (primary N) is 1. The fourth-order valence-electron chi connectivity index (χ4n) is 1.02. The van der Waals surface area contributed by atoms with Gasteiger partial charge in [-0.05, 0) is 39.9 Å². The molecule has 0 bridgehead atoms. The second-order valence-corrected chi connectivity index (χ2v) is 4.62. The topological polar surface area (TPSA) is 80.2 Å². The number of halogens is 1. The number of hydrogen-bond acceptors (Lipinski definition) is 5. The Balaban J connectivity index is 2.96. The second-order valence-electron chi connectivity index (χ2n) is 2.94. The van der Waals surface area contributed by atoms with Gasteiger partial charge in [0.25, 0.3) is 0 Å². The predicted octanol–water partition coefficient (Wildman–Crippen LogP) is 2.17. The van der Waals surface area contributed by atoms with Crippen LogP contribution in [0, 0.1) is 0 Å². The number of ether oxygens (including phenoxy) is 1. The Morgan fingerprint density at radius 3 is 2.88 bits per heavy atom. The zero-order chi connectivity index (χ0) is 12.8. The van der Waals surface area contributed by atoms with Gasteiger partial charge in [-0.3, -0.25) is 0 Å². The molecule has 92 valence electrons. The number of rotatable bonds is 3. The van der Waals surface area contributed by atoms with Crippen LogP contribution in [0.1, 0.15) is 5.56 Å². The molecular formula is C10H12BrN3O2S. The SMILES string of the molecule is COc1cc(/C=N/N=C(\N)SC)cc(Br)c1O. The Morgan fingerprint density at radius 1 is 1.59 bits per heavy atom. The third kappa shape index (κ3) is 3.94. The van der Waals surface area contributed by atoms with Crippen LogP contribution in [-0.2, 0) is 0 Å². The number of phenolic OH excluding ortho intramolecular Hbond substituents is 1. The summed E-state index contributed by atoms with van der Waals surface area (Å²) < 4.78 is 5.54. The molecule has 7 heteroatoms. The van der Waals surface area contributed by atoms with Crippen LogP contribution in [0.3, 0.4) is 0 Å². The molecule has 1 aromatic carbocycles. The highest BCUT2D eigenvalue weighted by atomic mass is 79.9. The third-order valence-corrected chi connectivity index (χ3v) is 2.95. The van der Waals surface area contributed by atoms with Gasteiger partial charge in [-0.25, -0.2) is 0 Å². The molecule has 0 aromatic heterocycles. The Labute approximate surface area is 112 Å². The molecule has 0 atom stereocenters. The molecule has 0 saturated carbocycles. The molecule has 1 rings (SSSR count). The van der Waals surface area contributed by atoms with Crippen LogP contribution in [0.5, 0.6) is 11.5 Å². The maximum Gasteiger partial charge on any atom is 0.180 e. The van der Waals surface area contributed by atoms with Gasteiger partial charge >= 0.3 is 0 Å². The summed E-state index contributed by atoms with van der Waals surface area (Å²) >= 11 is 4.53. The zero-order valence-electron chi connectivity index (χ0n) is 9.35. The van der Waals surface area contributed by atoms with Gasteiger partial charge in [0.2, 0.25) is 0 Å². The molecule has 0 aliphatic carbocycles. The fourth-order valence-corrected chi connectivity index (χ4v) is 1.61. The molecule has 3 N–H and O–H groups in total. The summed E-state index contributed by atoms with van der Waals surface area (Å²) in [7, 11) is 1.48. The minimum absolute atomic E-state index is 0.0526. The number of amidine groups is 1. The summed E-state index contributed by atoms with van der Waals surface area (Å²) in [5.74, 6) is 0.416. The average molecular weight is 318 g/mol. The number of thioether (sulfide) groups is 1. The van der Waals surface area contributed by atoms with Crippen molar-refractivity contribution in [1.29, 1.82) is 0 Å². The number of aromatic hydroxyl groups is 1. The number of methoxy groups -OCH3 is 1. The zero-order valence-corrected chi connectivity index (χ0v) is 11.7. The Kier molecular flexibility index (Phi) is 5.30. The van der Waals surface area contributed by atoms with Crippen molar-refractivity contribution in [2.75, 3.05) is 13.4 Å². The van der Waals surface area contributed by atoms with E-state index in [2.05, 4.69) is 26.1 Å². The number of phenols is 1. The van der Waals surface area contributed by atoms with Gasteiger partial charge < -0.3 is 15.6 Å². The summed E-state index contributed by atoms with van der Waals surface area (Å²) in [5.41, 5.74) is 6.21. The van der Waals surface area contributed by atoms with Gasteiger partial charge in [0.05, 0.1) is 17.8 Å². The maximum absolute atomic E-state index is 9.61. The highest BCUT2D eigenvalue weighted by Gasteiger charge is 2.07. The van der Waals surface area contributed by atoms with Crippen molar-refractivity contribution in [2.24, 2.45) is 15.9 Å². The van der Waals surface area contributed by atoms with Crippen molar-refractivity contribution in [3.05, 3.63) is 22.2 Å². The largest absolute Gasteiger partial charge is 0.503 e. The summed E-state index contributed by atoms with van der Waals surface area (Å²) in [5, 5.41) is 17.6. The standard InChI is InChI=1S/C10H12BrN3O2S/c1-16-8-4-6(3-7(11)9(8)15)5-13-14-10(12)17-2/h3-5,15H,1-2H3,(H2,12,14)/b13-5+. The summed E-state index contributed by atoms with van der Waals surface area (Å²) in [6.45, 7) is 0. The number of nitrogens with zero attached hydrogens (tertiary/aromatic N) is 2. The highest BCUT2D eigenvalue weighted by molar-refractivity contribution is 9.10. The van der Waals surface area contributed by atoms with Crippen molar-refractivity contribution < 1.29 is 9.84 Å². The van der Waals surface area contributed by atoms with Gasteiger partial charge in [0.1, 0.15) is 0 Å². The van der Waals surface area contributed by atoms with Crippen molar-refractivity contribution >= 4 is 39.1 Å². The minimum atomic E-state index is 0.0526. The fraction of sp³-hybridized carbons (Fsp3) is 0.200. The van der Waals surface area contributed by atoms with Crippen molar-refractivity contribution in [3.8, 4) is 11.5 Å². The summed E-state index contributed by atoms with van der Waals surface area (Å²) in [6, 6.07) is 3.35. The third-order valence-electron chi connectivity index (χ3n) is 1.84. The lowest BCUT2D eigenvalue weighted by atomic mass is 10.2. The normalized spacial score (nSPS) is 12.1. The van der Waals surface area contributed by atoms with E-state index in [1.807, 2.05) is 6.26 Å². The van der Waals surface area contributed by atoms with Crippen molar-refractivity contribution in [2.45, 2.75) is 0 Å². The quantitative estimate of drug-likeness (QED) is 0.508. The van der Waals surface area contributed by atoms with Crippen LogP contribution in [-0.4, -0.2) is 29.9 Å². The van der Waals surface area contributed by atoms with Crippen LogP contribution < -0.4 is 10.5 Å². The van der Waals surface area contributed by atoms with Crippen LogP contribution in [0.15, 0.2) is 26.8 Å². The Bertz CT molecular complexity index is 463. The average Bonchev–Trinajstić information content (AvgIpc) is 2.33. The van der Waals surface area contributed by atoms with Crippen LogP contribution in [0.25, 0.3) is 0 Å². The van der Waals surface area contributed by atoms with E-state index >= 15 is 0 Å². The van der Waals surface area contributed by atoms with Gasteiger partial charge in [-0.2, -0.15) is 5.10 Å². The van der Waals surface area contributed by atoms with Gasteiger partial charge in [0, 0.05) is 0 Å². The molecule has 0 fully saturated rings. The van der Waals surface area contributed by atoms with Crippen molar-refractivity contribution in [3.63, 3.8) is 0 Å². The molecule has 0 radical (unpaired) electrons. The first-order chi connectivity index (χ1) is 8.08. The van der Waals surface area contributed by atoms with Crippen LogP contribution in [0.2, 0.25) is 0 Å². The first-order valence-corrected chi connectivity index (χ1v) is 6.57. The molecule has 17 heavy (non-hydrogen) atoms. The molecule has 0 aliphatic rings. The molecule has 0 aliphatic heterocycles. The summed E-state index contributed by atoms with van der Waals surface area (Å²) in [6.07, 6.45) is 3.34. The van der Waals surface area contributed by atoms with E-state index in [1.54, 1.807) is 12.1 Å². The van der Waals surface area contributed by atoms with Crippen molar-refractivity contribution in [1.82, 2.24) is 0 Å². The highest BCUT2D eigenvalue weighted by Crippen LogP contribution is 2.34. The molecule has 5 nitrogen and oxygen atoms in total. The van der Waals surface area contributed by atoms with Gasteiger partial charge in [-0.15, -0.1) is 5.10 Å². The summed E-state index contributed by atoms with van der Waals surface area (Å²) in [4.78, 5) is 0. The first kappa shape index (κ1) is 13.9. The lowest BCUT2D eigenvalue weighted by Crippen LogP contribution is -2.03. The molecule has 0 saturated heterocycles. The van der Waals surface area contributed by atoms with Crippen LogP contribution in [0.4, 0.5) is 0 Å². The van der Waals surface area contributed by atoms with Gasteiger partial charge in [-0.1, -0.05) is 11.8 Å². The predicted molar refractivity (Wildman–Crippen MR) is 75.1 cm³/mol. The lowest BCUT2D eigenvalue weighted by molar-refractivity contribution is 0.372. The smallest absolute Gasteiger partial charge is 0.180 e. The monoisotopic (exact) mass is 317 g/mol. The lowest BCUT2D eigenvalue weighted by Gasteiger charge is -2.05. The molecule has 0 unspecified atom stereocenters. The molecular weight excluding hydrogens is 306 g/mol. The maximum atomic E-state index is 9.61. The van der Waals surface area contributed by atoms with E-state index in [0.717, 1.165) is 5.56 Å². The molecule has 0 amide bonds. The van der Waals surface area contributed by atoms with E-state index in [-0.39, 0.29) is 5.75 Å². The number of hydrogen-bond donors (Lipinski definition) is 2. The van der Waals surface area contributed by atoms with Gasteiger partial charge in [0.15, 0.2) is 16.7 Å². The van der Waals surface area contributed by atoms with E-state index < -0.39 is 0 Å². The second kappa shape index (κ2) is 6.51. The number of benzene rings is 1. The Morgan fingerprint density at radius 2 is 2.29 bits per heavy atom. The Hall–Kier alpha value is -1.21. The van der Waals surface area contributed by atoms with E-state index in [4.69, 9.17) is 10.5 Å². The van der Waals surface area contributed by atoms with E-state index in [0.29, 0.717) is 15.4 Å². The first-order valence-electron chi connectivity index (χ1n) is 4.55. The minimum Gasteiger partial charge on any atom is -0.503 e. The molecule has 1 aromatic rings. The van der Waals surface area contributed by atoms with E-state index in [9.17, 15) is 5.11 Å². The molecule has 0 heterocycles.